The molecule has 13 rings (SSSR count). The molecule has 0 aromatic carbocycles. The predicted octanol–water partition coefficient (Wildman–Crippen LogP) is 2.50. The topological polar surface area (TPSA) is 848 Å². The lowest BCUT2D eigenvalue weighted by atomic mass is 10.2. The molecule has 65 heteroatoms. The van der Waals surface area contributed by atoms with E-state index in [0.717, 1.165) is 138 Å². The Morgan fingerprint density at radius 2 is 0.563 bits per heavy atom. The number of H-pyrrole nitrogens is 9. The van der Waals surface area contributed by atoms with Crippen molar-refractivity contribution < 1.29 is 0 Å². The number of nitrogens with two attached hydrogens (primary N) is 9. The lowest BCUT2D eigenvalue weighted by molar-refractivity contribution is 0.697. The first-order chi connectivity index (χ1) is 67.5. The number of nitrogens with one attached hydrogen (secondary N) is 16. The number of aromatic nitrogens is 39. The van der Waals surface area contributed by atoms with E-state index in [1.165, 1.54) is 38.5 Å². The summed E-state index contributed by atoms with van der Waals surface area (Å²) in [7, 11) is 43.9. The summed E-state index contributed by atoms with van der Waals surface area (Å²) in [6, 6.07) is 0. The van der Waals surface area contributed by atoms with Gasteiger partial charge in [0.05, 0.1) is 0 Å². The maximum absolute atomic E-state index is 5.44. The summed E-state index contributed by atoms with van der Waals surface area (Å²) in [6.45, 7) is 24.0. The van der Waals surface area contributed by atoms with E-state index in [1.807, 2.05) is 239 Å². The third kappa shape index (κ3) is 49.1. The standard InChI is InChI=1S/C8H17N5.3C7H15N5.4C6H13N5.4C5H11N5.C4H9N5/c1-3-4-5-6-13(2)8-10-7(9)11-12-8;1-10(2)6-8-9-7(11(3)4)12(6)5;1-3-4-5-12(2)7-9-6(8)10-11-7;1-2-3-4-5-9-7-10-6(8)11-12-7;1-10(2)5-7-6(9-8-5)11(3)4;1-7-5-8-9-6(10(2)3)11(5)4;1-3-4-11(2)6-8-5(7)9-10-6;1-2-3-4-8-6-9-5(7)10-11-6;1-9(2)5-8-7-4(6)10(5)3;1-6-4-8-9-5(7-2)10(4)3;1-3-10(2)5-7-4(6)8-9-5;1-2-3-7-5-8-4(6)9-10-5;1-2-6-4-7-3(5)8-9-4/h3-6H2,1-2H3,(H3,9,10,11,12);1-5H3;3-5H2,1-2H3,(H3,8,9,10,11);2-5H2,1H3,(H4,8,9,10,11,12);1-4H3,(H,7,8,9);1-4H3,(H,7,8);3-4H2,1-2H3,(H3,7,8,9,10);2-4H2,1H3,(H4,7,8,9,10,11);1-3H3,(H2,6,7);1-3H3,(H,6,8)(H,7,9);3H2,1-2H3,(H3,6,7,8,9);2-3H2,1H3,(H4,6,7,8,9,10);2H2,1H3,(H4,5,6,7,8,9). The van der Waals surface area contributed by atoms with Gasteiger partial charge in [0.1, 0.15) is 0 Å². The molecule has 0 saturated carbocycles. The van der Waals surface area contributed by atoms with Crippen LogP contribution in [0.3, 0.4) is 0 Å². The van der Waals surface area contributed by atoms with Crippen LogP contribution in [0.2, 0.25) is 0 Å². The number of hydrogen-bond donors (Lipinski definition) is 25. The monoisotopic (exact) mass is 2000 g/mol. The summed E-state index contributed by atoms with van der Waals surface area (Å²) in [5.74, 6) is 15.3. The quantitative estimate of drug-likeness (QED) is 0.0249. The second kappa shape index (κ2) is 69.4. The van der Waals surface area contributed by atoms with E-state index in [4.69, 9.17) is 51.6 Å². The molecular formula is C77H167N65. The summed E-state index contributed by atoms with van der Waals surface area (Å²) in [6.07, 6.45) is 13.9. The van der Waals surface area contributed by atoms with Crippen molar-refractivity contribution in [1.82, 2.24) is 196 Å². The first kappa shape index (κ1) is 124. The molecule has 34 N–H and O–H groups in total. The van der Waals surface area contributed by atoms with Gasteiger partial charge in [-0.05, 0) is 52.4 Å². The average Bonchev–Trinajstić information content (AvgIpc) is 1.71. The second-order valence-corrected chi connectivity index (χ2v) is 31.6. The maximum Gasteiger partial charge on any atom is 0.246 e. The molecule has 800 valence electrons. The molecule has 0 spiro atoms. The summed E-state index contributed by atoms with van der Waals surface area (Å²) in [4.78, 5) is 54.7. The largest absolute Gasteiger partial charge is 0.368 e. The van der Waals surface area contributed by atoms with E-state index < -0.39 is 0 Å². The molecule has 13 aromatic rings. The van der Waals surface area contributed by atoms with Crippen molar-refractivity contribution in [2.24, 2.45) is 28.2 Å². The van der Waals surface area contributed by atoms with Crippen LogP contribution in [0.15, 0.2) is 0 Å². The number of unbranched alkanes of at least 4 members (excludes halogenated alkanes) is 6. The van der Waals surface area contributed by atoms with Gasteiger partial charge in [-0.15, -0.1) is 86.7 Å². The van der Waals surface area contributed by atoms with Crippen molar-refractivity contribution in [3.8, 4) is 0 Å². The van der Waals surface area contributed by atoms with Crippen molar-refractivity contribution >= 4 is 155 Å². The number of nitrogen functional groups attached to an aromatic ring is 9. The van der Waals surface area contributed by atoms with E-state index in [-0.39, 0.29) is 0 Å². The van der Waals surface area contributed by atoms with E-state index in [9.17, 15) is 0 Å². The minimum absolute atomic E-state index is 0.339. The van der Waals surface area contributed by atoms with Crippen LogP contribution in [0.25, 0.3) is 0 Å². The van der Waals surface area contributed by atoms with Crippen LogP contribution in [-0.2, 0) is 28.2 Å². The fourth-order valence-electron chi connectivity index (χ4n) is 10.4. The van der Waals surface area contributed by atoms with Crippen molar-refractivity contribution in [3.05, 3.63) is 0 Å². The van der Waals surface area contributed by atoms with Gasteiger partial charge < -0.3 is 138 Å². The molecule has 0 aliphatic heterocycles. The Balaban J connectivity index is 0.000000770. The molecule has 13 heterocycles. The Morgan fingerprint density at radius 3 is 0.831 bits per heavy atom. The molecule has 0 atom stereocenters. The molecule has 0 saturated heterocycles. The first-order valence-corrected chi connectivity index (χ1v) is 46.0. The van der Waals surface area contributed by atoms with Gasteiger partial charge in [-0.2, -0.15) is 44.9 Å². The van der Waals surface area contributed by atoms with E-state index in [2.05, 4.69) is 256 Å². The molecule has 0 aliphatic rings. The maximum atomic E-state index is 5.44. The summed E-state index contributed by atoms with van der Waals surface area (Å²) >= 11 is 0. The van der Waals surface area contributed by atoms with Crippen LogP contribution in [-0.4, -0.2) is 382 Å². The zero-order valence-corrected chi connectivity index (χ0v) is 89.2. The average molecular weight is 2000 g/mol. The number of rotatable bonds is 37. The lowest BCUT2D eigenvalue weighted by Gasteiger charge is -2.13. The number of aromatic amines is 9. The molecule has 65 nitrogen and oxygen atoms in total. The van der Waals surface area contributed by atoms with Gasteiger partial charge in [0.25, 0.3) is 0 Å². The van der Waals surface area contributed by atoms with Gasteiger partial charge in [-0.1, -0.05) is 80.1 Å². The lowest BCUT2D eigenvalue weighted by Crippen LogP contribution is -2.19. The van der Waals surface area contributed by atoms with Gasteiger partial charge in [0.2, 0.25) is 155 Å². The van der Waals surface area contributed by atoms with Crippen molar-refractivity contribution in [2.45, 2.75) is 132 Å². The van der Waals surface area contributed by atoms with Gasteiger partial charge in [0, 0.05) is 214 Å². The SMILES string of the molecule is CCCCCN(C)c1n[nH]c(N)n1.CCCCCNc1n[nH]c(N)n1.CCCCN(C)c1n[nH]c(N)n1.CCCCNc1n[nH]c(N)n1.CCCN(C)c1n[nH]c(N)n1.CCCNc1n[nH]c(N)n1.CCN(C)c1n[nH]c(N)n1.CCNc1n[nH]c(N)n1.CN(C)c1n[nH]c(N(C)C)n1.CN(C)c1nnc(N(C)C)n1C.CN(C)c1nnc(N)n1C.CNc1nnc(N(C)C)n1C.CNc1nnc(NC)n1C. The molecule has 0 fully saturated rings. The highest BCUT2D eigenvalue weighted by molar-refractivity contribution is 5.43. The van der Waals surface area contributed by atoms with Gasteiger partial charge in [-0.3, -0.25) is 18.3 Å². The normalized spacial score (nSPS) is 9.91. The molecule has 0 unspecified atom stereocenters. The van der Waals surface area contributed by atoms with Crippen LogP contribution in [0.1, 0.15) is 132 Å². The van der Waals surface area contributed by atoms with E-state index in [0.29, 0.717) is 107 Å². The number of anilines is 26. The van der Waals surface area contributed by atoms with Gasteiger partial charge in [-0.25, -0.2) is 45.9 Å². The molecule has 0 aliphatic carbocycles. The minimum Gasteiger partial charge on any atom is -0.368 e. The summed E-state index contributed by atoms with van der Waals surface area (Å²) in [5, 5.41) is 110. The van der Waals surface area contributed by atoms with Crippen LogP contribution in [0.4, 0.5) is 155 Å². The number of hydrogen-bond acceptors (Lipinski definition) is 52. The molecule has 0 bridgehead atoms. The highest BCUT2D eigenvalue weighted by Crippen LogP contribution is 2.17. The zero-order chi connectivity index (χ0) is 107. The van der Waals surface area contributed by atoms with Gasteiger partial charge >= 0.3 is 0 Å². The van der Waals surface area contributed by atoms with Crippen molar-refractivity contribution in [2.75, 3.05) is 324 Å². The Labute approximate surface area is 831 Å². The third-order valence-electron chi connectivity index (χ3n) is 18.1. The molecule has 13 aromatic heterocycles. The first-order valence-electron chi connectivity index (χ1n) is 46.0. The number of nitrogens with zero attached hydrogens (tertiary/aromatic N) is 40. The Kier molecular flexibility index (Phi) is 60.4. The highest BCUT2D eigenvalue weighted by atomic mass is 15.5. The van der Waals surface area contributed by atoms with E-state index >= 15 is 0 Å². The smallest absolute Gasteiger partial charge is 0.246 e. The third-order valence-corrected chi connectivity index (χ3v) is 18.1. The fourth-order valence-corrected chi connectivity index (χ4v) is 10.4. The van der Waals surface area contributed by atoms with Crippen LogP contribution in [0.5, 0.6) is 0 Å². The molecule has 142 heavy (non-hydrogen) atoms. The van der Waals surface area contributed by atoms with Crippen LogP contribution < -0.4 is 138 Å². The Hall–Kier alpha value is -16.4. The molecular weight excluding hydrogens is 1840 g/mol. The molecule has 0 amide bonds. The Bertz CT molecular complexity index is 5150. The fraction of sp³-hybridized carbons (Fsp3) is 0.662. The highest BCUT2D eigenvalue weighted by Gasteiger charge is 2.15. The summed E-state index contributed by atoms with van der Waals surface area (Å²) in [5.41, 5.74) is 48.1. The van der Waals surface area contributed by atoms with Crippen molar-refractivity contribution in [1.29, 1.82) is 0 Å². The van der Waals surface area contributed by atoms with Crippen LogP contribution in [0, 0.1) is 0 Å². The van der Waals surface area contributed by atoms with E-state index in [1.54, 1.807) is 4.57 Å². The van der Waals surface area contributed by atoms with Crippen LogP contribution >= 0.6 is 0 Å². The predicted molar refractivity (Wildman–Crippen MR) is 574 cm³/mol. The second-order valence-electron chi connectivity index (χ2n) is 31.6. The minimum atomic E-state index is 0.339. The Morgan fingerprint density at radius 1 is 0.254 bits per heavy atom. The summed E-state index contributed by atoms with van der Waals surface area (Å²) < 4.78 is 7.39. The van der Waals surface area contributed by atoms with Gasteiger partial charge in [0.15, 0.2) is 0 Å². The van der Waals surface area contributed by atoms with Crippen molar-refractivity contribution in [3.63, 3.8) is 0 Å². The molecule has 0 radical (unpaired) electrons. The zero-order valence-electron chi connectivity index (χ0n) is 89.2.